The predicted molar refractivity (Wildman–Crippen MR) is 68.8 cm³/mol. The molecular weight excluding hydrogens is 260 g/mol. The molecule has 3 rings (SSSR count). The first kappa shape index (κ1) is 12.8. The minimum absolute atomic E-state index is 0.0837. The first-order valence-electron chi connectivity index (χ1n) is 6.73. The van der Waals surface area contributed by atoms with Gasteiger partial charge in [-0.15, -0.1) is 5.10 Å². The molecule has 1 aromatic heterocycles. The molecule has 3 unspecified atom stereocenters. The molecule has 1 amide bonds. The number of fused-ring (bicyclic) bond motifs is 2. The molecule has 106 valence electrons. The highest BCUT2D eigenvalue weighted by Crippen LogP contribution is 2.43. The number of aromatic carboxylic acids is 1. The summed E-state index contributed by atoms with van der Waals surface area (Å²) in [6, 6.07) is 0. The van der Waals surface area contributed by atoms with Crippen LogP contribution < -0.4 is 5.32 Å². The van der Waals surface area contributed by atoms with Crippen LogP contribution in [0.3, 0.4) is 0 Å². The van der Waals surface area contributed by atoms with E-state index in [0.717, 1.165) is 12.8 Å². The van der Waals surface area contributed by atoms with Gasteiger partial charge in [-0.05, 0) is 24.7 Å². The van der Waals surface area contributed by atoms with E-state index in [-0.39, 0.29) is 17.5 Å². The van der Waals surface area contributed by atoms with Crippen LogP contribution in [0.25, 0.3) is 0 Å². The van der Waals surface area contributed by atoms with Crippen LogP contribution in [0, 0.1) is 17.8 Å². The van der Waals surface area contributed by atoms with Gasteiger partial charge in [0.05, 0.1) is 12.7 Å². The molecule has 7 heteroatoms. The second-order valence-electron chi connectivity index (χ2n) is 5.35. The van der Waals surface area contributed by atoms with Gasteiger partial charge in [-0.3, -0.25) is 4.79 Å². The number of rotatable bonds is 5. The summed E-state index contributed by atoms with van der Waals surface area (Å²) in [5.74, 6) is 0.0407. The molecule has 2 aliphatic carbocycles. The van der Waals surface area contributed by atoms with E-state index in [9.17, 15) is 9.59 Å². The Kier molecular flexibility index (Phi) is 3.25. The molecule has 1 heterocycles. The van der Waals surface area contributed by atoms with Gasteiger partial charge in [0, 0.05) is 12.5 Å². The number of hydrogen-bond acceptors (Lipinski definition) is 4. The van der Waals surface area contributed by atoms with Gasteiger partial charge >= 0.3 is 5.97 Å². The van der Waals surface area contributed by atoms with Gasteiger partial charge in [0.15, 0.2) is 5.69 Å². The number of nitrogens with zero attached hydrogens (tertiary/aromatic N) is 3. The fourth-order valence-corrected chi connectivity index (χ4v) is 3.01. The highest BCUT2D eigenvalue weighted by molar-refractivity contribution is 5.84. The summed E-state index contributed by atoms with van der Waals surface area (Å²) in [5, 5.41) is 18.8. The Morgan fingerprint density at radius 2 is 2.25 bits per heavy atom. The molecule has 7 nitrogen and oxygen atoms in total. The van der Waals surface area contributed by atoms with Crippen LogP contribution in [0.2, 0.25) is 0 Å². The van der Waals surface area contributed by atoms with Crippen molar-refractivity contribution in [3.63, 3.8) is 0 Å². The maximum atomic E-state index is 12.1. The summed E-state index contributed by atoms with van der Waals surface area (Å²) in [6.07, 6.45) is 7.75. The van der Waals surface area contributed by atoms with Gasteiger partial charge in [0.1, 0.15) is 0 Å². The van der Waals surface area contributed by atoms with Crippen LogP contribution in [0.4, 0.5) is 0 Å². The Labute approximate surface area is 115 Å². The molecule has 0 radical (unpaired) electrons. The van der Waals surface area contributed by atoms with Crippen LogP contribution in [-0.2, 0) is 11.3 Å². The second kappa shape index (κ2) is 5.07. The van der Waals surface area contributed by atoms with Crippen molar-refractivity contribution in [1.82, 2.24) is 20.3 Å². The summed E-state index contributed by atoms with van der Waals surface area (Å²) >= 11 is 0. The summed E-state index contributed by atoms with van der Waals surface area (Å²) in [6.45, 7) is 0.849. The lowest BCUT2D eigenvalue weighted by atomic mass is 9.93. The third-order valence-electron chi connectivity index (χ3n) is 4.01. The van der Waals surface area contributed by atoms with Crippen molar-refractivity contribution in [3.8, 4) is 0 Å². The average Bonchev–Trinajstić information content (AvgIpc) is 3.14. The Bertz CT molecular complexity index is 566. The summed E-state index contributed by atoms with van der Waals surface area (Å²) in [4.78, 5) is 22.7. The van der Waals surface area contributed by atoms with Crippen molar-refractivity contribution < 1.29 is 14.7 Å². The third kappa shape index (κ3) is 2.43. The smallest absolute Gasteiger partial charge is 0.358 e. The fourth-order valence-electron chi connectivity index (χ4n) is 3.01. The number of carbonyl (C=O) groups excluding carboxylic acids is 1. The zero-order valence-electron chi connectivity index (χ0n) is 10.9. The van der Waals surface area contributed by atoms with E-state index in [2.05, 4.69) is 27.8 Å². The first-order valence-corrected chi connectivity index (χ1v) is 6.73. The zero-order valence-corrected chi connectivity index (χ0v) is 10.9. The lowest BCUT2D eigenvalue weighted by Crippen LogP contribution is -2.34. The Balaban J connectivity index is 1.46. The number of nitrogens with one attached hydrogen (secondary N) is 1. The standard InChI is InChI=1S/C13H16N4O3/c18-12(10-6-8-1-2-9(10)5-8)14-3-4-17-7-11(13(19)20)15-16-17/h1-2,7-10H,3-6H2,(H,14,18)(H,19,20). The number of allylic oxidation sites excluding steroid dienone is 2. The maximum Gasteiger partial charge on any atom is 0.358 e. The van der Waals surface area contributed by atoms with E-state index in [1.807, 2.05) is 0 Å². The highest BCUT2D eigenvalue weighted by atomic mass is 16.4. The van der Waals surface area contributed by atoms with Crippen molar-refractivity contribution in [2.75, 3.05) is 6.54 Å². The van der Waals surface area contributed by atoms with Gasteiger partial charge < -0.3 is 10.4 Å². The number of carboxylic acids is 1. The molecule has 1 aromatic rings. The minimum atomic E-state index is -1.10. The van der Waals surface area contributed by atoms with Gasteiger partial charge in [0.25, 0.3) is 0 Å². The van der Waals surface area contributed by atoms with Gasteiger partial charge in [-0.1, -0.05) is 17.4 Å². The molecule has 2 aliphatic rings. The first-order chi connectivity index (χ1) is 9.63. The SMILES string of the molecule is O=C(O)c1cn(CCNC(=O)C2CC3C=CC2C3)nn1. The Hall–Kier alpha value is -2.18. The fraction of sp³-hybridized carbons (Fsp3) is 0.538. The molecule has 0 aromatic carbocycles. The lowest BCUT2D eigenvalue weighted by molar-refractivity contribution is -0.125. The highest BCUT2D eigenvalue weighted by Gasteiger charge is 2.39. The molecule has 2 bridgehead atoms. The quantitative estimate of drug-likeness (QED) is 0.754. The van der Waals surface area contributed by atoms with Crippen molar-refractivity contribution in [2.45, 2.75) is 19.4 Å². The van der Waals surface area contributed by atoms with E-state index in [0.29, 0.717) is 24.9 Å². The van der Waals surface area contributed by atoms with E-state index in [1.165, 1.54) is 10.9 Å². The van der Waals surface area contributed by atoms with Crippen LogP contribution in [0.15, 0.2) is 18.3 Å². The number of amides is 1. The van der Waals surface area contributed by atoms with Crippen LogP contribution >= 0.6 is 0 Å². The van der Waals surface area contributed by atoms with Crippen molar-refractivity contribution in [3.05, 3.63) is 24.0 Å². The lowest BCUT2D eigenvalue weighted by Gasteiger charge is -2.17. The van der Waals surface area contributed by atoms with Gasteiger partial charge in [0.2, 0.25) is 5.91 Å². The van der Waals surface area contributed by atoms with Crippen LogP contribution in [-0.4, -0.2) is 38.5 Å². The van der Waals surface area contributed by atoms with Crippen LogP contribution in [0.1, 0.15) is 23.3 Å². The van der Waals surface area contributed by atoms with Crippen molar-refractivity contribution >= 4 is 11.9 Å². The number of carbonyl (C=O) groups is 2. The molecule has 2 N–H and O–H groups in total. The molecule has 0 aliphatic heterocycles. The Morgan fingerprint density at radius 1 is 1.40 bits per heavy atom. The Morgan fingerprint density at radius 3 is 2.85 bits per heavy atom. The normalized spacial score (nSPS) is 26.9. The van der Waals surface area contributed by atoms with Gasteiger partial charge in [-0.2, -0.15) is 0 Å². The third-order valence-corrected chi connectivity index (χ3v) is 4.01. The molecule has 1 saturated carbocycles. The number of aromatic nitrogens is 3. The molecular formula is C13H16N4O3. The monoisotopic (exact) mass is 276 g/mol. The van der Waals surface area contributed by atoms with E-state index < -0.39 is 5.97 Å². The molecule has 1 fully saturated rings. The summed E-state index contributed by atoms with van der Waals surface area (Å²) in [5.41, 5.74) is -0.0884. The molecule has 0 spiro atoms. The van der Waals surface area contributed by atoms with Crippen LogP contribution in [0.5, 0.6) is 0 Å². The molecule has 20 heavy (non-hydrogen) atoms. The summed E-state index contributed by atoms with van der Waals surface area (Å²) < 4.78 is 1.42. The topological polar surface area (TPSA) is 97.1 Å². The van der Waals surface area contributed by atoms with Crippen molar-refractivity contribution in [2.24, 2.45) is 17.8 Å². The number of hydrogen-bond donors (Lipinski definition) is 2. The maximum absolute atomic E-state index is 12.1. The van der Waals surface area contributed by atoms with E-state index in [1.54, 1.807) is 0 Å². The van der Waals surface area contributed by atoms with E-state index in [4.69, 9.17) is 5.11 Å². The zero-order chi connectivity index (χ0) is 14.1. The second-order valence-corrected chi connectivity index (χ2v) is 5.35. The minimum Gasteiger partial charge on any atom is -0.476 e. The molecule has 0 saturated heterocycles. The van der Waals surface area contributed by atoms with Gasteiger partial charge in [-0.25, -0.2) is 9.48 Å². The predicted octanol–water partition coefficient (Wildman–Crippen LogP) is 0.305. The largest absolute Gasteiger partial charge is 0.476 e. The molecule has 3 atom stereocenters. The van der Waals surface area contributed by atoms with E-state index >= 15 is 0 Å². The summed E-state index contributed by atoms with van der Waals surface area (Å²) in [7, 11) is 0. The number of carboxylic acid groups (broad SMARTS) is 1. The average molecular weight is 276 g/mol. The van der Waals surface area contributed by atoms with Crippen molar-refractivity contribution in [1.29, 1.82) is 0 Å².